The summed E-state index contributed by atoms with van der Waals surface area (Å²) in [5, 5.41) is 9.30. The molecule has 0 aromatic heterocycles. The number of hydrogen-bond donors (Lipinski definition) is 1. The molecule has 6 nitrogen and oxygen atoms in total. The Kier molecular flexibility index (Phi) is 39.2. The Balaban J connectivity index is 4.08. The van der Waals surface area contributed by atoms with Crippen LogP contribution in [-0.4, -0.2) is 61.4 Å². The Hall–Kier alpha value is -1.14. The maximum absolute atomic E-state index is 12.4. The first-order chi connectivity index (χ1) is 26.3. The van der Waals surface area contributed by atoms with Gasteiger partial charge in [0.1, 0.15) is 0 Å². The number of unbranched alkanes of at least 4 members (excludes halogenated alkanes) is 20. The maximum Gasteiger partial charge on any atom is 0.305 e. The topological polar surface area (TPSA) is 76.1 Å². The van der Waals surface area contributed by atoms with Crippen molar-refractivity contribution >= 4 is 11.9 Å². The van der Waals surface area contributed by atoms with Gasteiger partial charge >= 0.3 is 11.9 Å². The summed E-state index contributed by atoms with van der Waals surface area (Å²) in [7, 11) is 0. The highest BCUT2D eigenvalue weighted by Gasteiger charge is 2.20. The number of carbonyl (C=O) groups is 2. The summed E-state index contributed by atoms with van der Waals surface area (Å²) in [6, 6.07) is 0. The average Bonchev–Trinajstić information content (AvgIpc) is 3.15. The fraction of sp³-hybridized carbons (Fsp3) is 0.958. The zero-order chi connectivity index (χ0) is 39.8. The van der Waals surface area contributed by atoms with E-state index >= 15 is 0 Å². The van der Waals surface area contributed by atoms with Crippen LogP contribution < -0.4 is 0 Å². The zero-order valence-corrected chi connectivity index (χ0v) is 37.2. The standard InChI is InChI=1S/C48H95NO5/c1-6-9-12-15-16-17-19-26-37-47(52)54-44-48(4,5)38-27-22-29-40-49(41-30-31-42-50)39-28-21-18-20-25-36-46(51)53-43-32-35-45(33-23-13-10-7-2)34-24-14-11-8-3/h45,50H,6-44H2,1-5H3. The fourth-order valence-electron chi connectivity index (χ4n) is 7.64. The van der Waals surface area contributed by atoms with E-state index in [9.17, 15) is 14.7 Å². The highest BCUT2D eigenvalue weighted by atomic mass is 16.5. The van der Waals surface area contributed by atoms with Gasteiger partial charge in [0, 0.05) is 19.4 Å². The largest absolute Gasteiger partial charge is 0.466 e. The van der Waals surface area contributed by atoms with Crippen LogP contribution in [0.3, 0.4) is 0 Å². The Labute approximate surface area is 337 Å². The van der Waals surface area contributed by atoms with Gasteiger partial charge in [-0.05, 0) is 88.8 Å². The van der Waals surface area contributed by atoms with Crippen LogP contribution >= 0.6 is 0 Å². The van der Waals surface area contributed by atoms with Crippen LogP contribution in [-0.2, 0) is 19.1 Å². The number of esters is 2. The van der Waals surface area contributed by atoms with Crippen molar-refractivity contribution < 1.29 is 24.2 Å². The van der Waals surface area contributed by atoms with Crippen molar-refractivity contribution in [3.05, 3.63) is 0 Å². The lowest BCUT2D eigenvalue weighted by molar-refractivity contribution is -0.147. The molecule has 0 aliphatic rings. The Morgan fingerprint density at radius 2 is 0.907 bits per heavy atom. The number of carbonyl (C=O) groups excluding carboxylic acids is 2. The zero-order valence-electron chi connectivity index (χ0n) is 37.2. The lowest BCUT2D eigenvalue weighted by Crippen LogP contribution is -2.27. The lowest BCUT2D eigenvalue weighted by atomic mass is 9.88. The Bertz CT molecular complexity index is 790. The van der Waals surface area contributed by atoms with E-state index in [2.05, 4.69) is 39.5 Å². The number of hydrogen-bond acceptors (Lipinski definition) is 6. The molecule has 0 saturated carbocycles. The van der Waals surface area contributed by atoms with Crippen LogP contribution in [0.2, 0.25) is 0 Å². The molecule has 6 heteroatoms. The molecule has 0 aliphatic heterocycles. The fourth-order valence-corrected chi connectivity index (χ4v) is 7.64. The smallest absolute Gasteiger partial charge is 0.305 e. The third-order valence-electron chi connectivity index (χ3n) is 11.4. The summed E-state index contributed by atoms with van der Waals surface area (Å²) in [6.45, 7) is 15.9. The highest BCUT2D eigenvalue weighted by Crippen LogP contribution is 2.25. The van der Waals surface area contributed by atoms with Gasteiger partial charge in [-0.1, -0.05) is 176 Å². The molecular weight excluding hydrogens is 671 g/mol. The van der Waals surface area contributed by atoms with E-state index in [1.165, 1.54) is 141 Å². The molecule has 0 aliphatic carbocycles. The second-order valence-electron chi connectivity index (χ2n) is 17.6. The van der Waals surface area contributed by atoms with Gasteiger partial charge in [-0.2, -0.15) is 0 Å². The van der Waals surface area contributed by atoms with E-state index < -0.39 is 0 Å². The van der Waals surface area contributed by atoms with Gasteiger partial charge in [-0.25, -0.2) is 0 Å². The molecule has 54 heavy (non-hydrogen) atoms. The highest BCUT2D eigenvalue weighted by molar-refractivity contribution is 5.69. The van der Waals surface area contributed by atoms with Gasteiger partial charge in [-0.3, -0.25) is 9.59 Å². The van der Waals surface area contributed by atoms with E-state index in [1.54, 1.807) is 0 Å². The molecule has 0 unspecified atom stereocenters. The first-order valence-corrected chi connectivity index (χ1v) is 23.9. The van der Waals surface area contributed by atoms with Gasteiger partial charge < -0.3 is 19.5 Å². The van der Waals surface area contributed by atoms with Crippen LogP contribution in [0.4, 0.5) is 0 Å². The van der Waals surface area contributed by atoms with Crippen LogP contribution in [0.15, 0.2) is 0 Å². The minimum Gasteiger partial charge on any atom is -0.466 e. The summed E-state index contributed by atoms with van der Waals surface area (Å²) in [5.74, 6) is 0.769. The summed E-state index contributed by atoms with van der Waals surface area (Å²) in [5.41, 5.74) is 0.0244. The minimum absolute atomic E-state index is 0.00835. The summed E-state index contributed by atoms with van der Waals surface area (Å²) >= 11 is 0. The molecule has 0 atom stereocenters. The van der Waals surface area contributed by atoms with E-state index in [-0.39, 0.29) is 24.0 Å². The first-order valence-electron chi connectivity index (χ1n) is 23.9. The molecule has 0 radical (unpaired) electrons. The molecule has 0 amide bonds. The van der Waals surface area contributed by atoms with Gasteiger partial charge in [0.2, 0.25) is 0 Å². The summed E-state index contributed by atoms with van der Waals surface area (Å²) in [4.78, 5) is 27.2. The summed E-state index contributed by atoms with van der Waals surface area (Å²) < 4.78 is 11.3. The monoisotopic (exact) mass is 766 g/mol. The predicted octanol–water partition coefficient (Wildman–Crippen LogP) is 13.9. The van der Waals surface area contributed by atoms with Crippen LogP contribution in [0, 0.1) is 11.3 Å². The number of ether oxygens (including phenoxy) is 2. The summed E-state index contributed by atoms with van der Waals surface area (Å²) in [6.07, 6.45) is 38.9. The van der Waals surface area contributed by atoms with Gasteiger partial charge in [0.05, 0.1) is 13.2 Å². The SMILES string of the molecule is CCCCCCCCCCC(=O)OCC(C)(C)CCCCCN(CCCCO)CCCCCCCC(=O)OCCCC(CCCCCC)CCCCCC. The average molecular weight is 766 g/mol. The van der Waals surface area contributed by atoms with Crippen molar-refractivity contribution in [2.24, 2.45) is 11.3 Å². The van der Waals surface area contributed by atoms with Crippen LogP contribution in [0.5, 0.6) is 0 Å². The number of nitrogens with zero attached hydrogens (tertiary/aromatic N) is 1. The van der Waals surface area contributed by atoms with Crippen LogP contribution in [0.25, 0.3) is 0 Å². The first kappa shape index (κ1) is 52.9. The number of aliphatic hydroxyl groups is 1. The van der Waals surface area contributed by atoms with Crippen molar-refractivity contribution in [1.29, 1.82) is 0 Å². The molecular formula is C48H95NO5. The molecule has 0 aromatic carbocycles. The maximum atomic E-state index is 12.4. The van der Waals surface area contributed by atoms with Crippen molar-refractivity contribution in [2.45, 2.75) is 247 Å². The number of rotatable bonds is 43. The molecule has 0 aromatic rings. The molecule has 0 heterocycles. The molecule has 322 valence electrons. The van der Waals surface area contributed by atoms with Crippen molar-refractivity contribution in [1.82, 2.24) is 4.90 Å². The van der Waals surface area contributed by atoms with Crippen molar-refractivity contribution in [3.63, 3.8) is 0 Å². The second kappa shape index (κ2) is 40.1. The predicted molar refractivity (Wildman–Crippen MR) is 232 cm³/mol. The van der Waals surface area contributed by atoms with E-state index in [0.29, 0.717) is 26.1 Å². The third-order valence-corrected chi connectivity index (χ3v) is 11.4. The normalized spacial score (nSPS) is 11.9. The van der Waals surface area contributed by atoms with E-state index in [1.807, 2.05) is 0 Å². The molecule has 0 rings (SSSR count). The van der Waals surface area contributed by atoms with E-state index in [0.717, 1.165) is 83.3 Å². The molecule has 0 bridgehead atoms. The number of aliphatic hydroxyl groups excluding tert-OH is 1. The van der Waals surface area contributed by atoms with Gasteiger partial charge in [-0.15, -0.1) is 0 Å². The lowest BCUT2D eigenvalue weighted by Gasteiger charge is -2.25. The molecule has 0 spiro atoms. The third kappa shape index (κ3) is 37.8. The Morgan fingerprint density at radius 1 is 0.500 bits per heavy atom. The molecule has 0 fully saturated rings. The second-order valence-corrected chi connectivity index (χ2v) is 17.6. The van der Waals surface area contributed by atoms with Crippen molar-refractivity contribution in [3.8, 4) is 0 Å². The quantitative estimate of drug-likeness (QED) is 0.0492. The van der Waals surface area contributed by atoms with Gasteiger partial charge in [0.15, 0.2) is 0 Å². The van der Waals surface area contributed by atoms with E-state index in [4.69, 9.17) is 9.47 Å². The Morgan fingerprint density at radius 3 is 1.43 bits per heavy atom. The van der Waals surface area contributed by atoms with Gasteiger partial charge in [0.25, 0.3) is 0 Å². The minimum atomic E-state index is -0.0271. The van der Waals surface area contributed by atoms with Crippen LogP contribution in [0.1, 0.15) is 247 Å². The molecule has 0 saturated heterocycles. The molecule has 1 N–H and O–H groups in total. The van der Waals surface area contributed by atoms with Crippen molar-refractivity contribution in [2.75, 3.05) is 39.5 Å².